The van der Waals surface area contributed by atoms with Gasteiger partial charge >= 0.3 is 5.97 Å². The van der Waals surface area contributed by atoms with Crippen LogP contribution in [-0.4, -0.2) is 49.5 Å². The zero-order valence-electron chi connectivity index (χ0n) is 9.85. The van der Waals surface area contributed by atoms with Gasteiger partial charge in [0.25, 0.3) is 0 Å². The number of ether oxygens (including phenoxy) is 1. The number of esters is 1. The zero-order valence-corrected chi connectivity index (χ0v) is 9.85. The van der Waals surface area contributed by atoms with Gasteiger partial charge in [-0.25, -0.2) is 4.79 Å². The Morgan fingerprint density at radius 3 is 2.94 bits per heavy atom. The van der Waals surface area contributed by atoms with E-state index < -0.39 is 5.97 Å². The first-order valence-electron chi connectivity index (χ1n) is 5.69. The Balaban J connectivity index is 2.08. The van der Waals surface area contributed by atoms with Crippen LogP contribution in [0.5, 0.6) is 0 Å². The topological polar surface area (TPSA) is 67.3 Å². The molecule has 0 aliphatic carbocycles. The molecule has 0 bridgehead atoms. The van der Waals surface area contributed by atoms with Crippen molar-refractivity contribution in [3.63, 3.8) is 0 Å². The molecule has 1 fully saturated rings. The Morgan fingerprint density at radius 1 is 1.35 bits per heavy atom. The summed E-state index contributed by atoms with van der Waals surface area (Å²) in [6, 6.07) is 3.46. The Labute approximate surface area is 100.0 Å². The molecule has 1 aliphatic rings. The summed E-state index contributed by atoms with van der Waals surface area (Å²) in [6.45, 7) is 3.84. The Kier molecular flexibility index (Phi) is 3.87. The molecule has 0 aromatic carbocycles. The molecule has 6 heteroatoms. The number of rotatable bonds is 2. The van der Waals surface area contributed by atoms with E-state index in [4.69, 9.17) is 0 Å². The lowest BCUT2D eigenvalue weighted by Crippen LogP contribution is -2.28. The van der Waals surface area contributed by atoms with E-state index in [1.165, 1.54) is 7.11 Å². The number of aromatic nitrogens is 2. The van der Waals surface area contributed by atoms with Crippen LogP contribution in [0.25, 0.3) is 0 Å². The number of nitrogens with zero attached hydrogens (tertiary/aromatic N) is 3. The number of methoxy groups -OCH3 is 1. The number of hydrogen-bond donors (Lipinski definition) is 1. The highest BCUT2D eigenvalue weighted by molar-refractivity contribution is 5.86. The van der Waals surface area contributed by atoms with E-state index in [2.05, 4.69) is 25.2 Å². The highest BCUT2D eigenvalue weighted by Crippen LogP contribution is 2.11. The van der Waals surface area contributed by atoms with Crippen molar-refractivity contribution in [2.75, 3.05) is 38.2 Å². The largest absolute Gasteiger partial charge is 0.464 e. The third-order valence-corrected chi connectivity index (χ3v) is 2.71. The summed E-state index contributed by atoms with van der Waals surface area (Å²) in [5.41, 5.74) is 0.240. The maximum Gasteiger partial charge on any atom is 0.358 e. The van der Waals surface area contributed by atoms with E-state index in [-0.39, 0.29) is 5.69 Å². The minimum absolute atomic E-state index is 0.240. The van der Waals surface area contributed by atoms with Gasteiger partial charge in [-0.05, 0) is 25.1 Å². The summed E-state index contributed by atoms with van der Waals surface area (Å²) in [4.78, 5) is 13.4. The number of nitrogens with one attached hydrogen (secondary N) is 1. The molecule has 1 saturated heterocycles. The molecule has 1 aromatic rings. The van der Waals surface area contributed by atoms with Crippen LogP contribution in [0, 0.1) is 0 Å². The fourth-order valence-corrected chi connectivity index (χ4v) is 1.78. The second-order valence-corrected chi connectivity index (χ2v) is 3.86. The first kappa shape index (κ1) is 11.8. The molecule has 1 aliphatic heterocycles. The highest BCUT2D eigenvalue weighted by Gasteiger charge is 2.13. The quantitative estimate of drug-likeness (QED) is 0.733. The second-order valence-electron chi connectivity index (χ2n) is 3.86. The average Bonchev–Trinajstić information content (AvgIpc) is 2.67. The molecule has 0 saturated carbocycles. The van der Waals surface area contributed by atoms with Gasteiger partial charge in [-0.1, -0.05) is 0 Å². The summed E-state index contributed by atoms with van der Waals surface area (Å²) in [6.07, 6.45) is 1.08. The van der Waals surface area contributed by atoms with Gasteiger partial charge in [0.15, 0.2) is 11.5 Å². The summed E-state index contributed by atoms with van der Waals surface area (Å²) in [5, 5.41) is 11.3. The summed E-state index contributed by atoms with van der Waals surface area (Å²) in [5.74, 6) is 0.350. The minimum atomic E-state index is -0.457. The molecule has 1 aromatic heterocycles. The van der Waals surface area contributed by atoms with Crippen molar-refractivity contribution in [1.29, 1.82) is 0 Å². The molecule has 0 atom stereocenters. The molecular formula is C11H16N4O2. The van der Waals surface area contributed by atoms with Crippen molar-refractivity contribution in [3.05, 3.63) is 17.8 Å². The Morgan fingerprint density at radius 2 is 2.24 bits per heavy atom. The van der Waals surface area contributed by atoms with Crippen molar-refractivity contribution >= 4 is 11.8 Å². The fourth-order valence-electron chi connectivity index (χ4n) is 1.78. The van der Waals surface area contributed by atoms with Gasteiger partial charge in [0.05, 0.1) is 7.11 Å². The van der Waals surface area contributed by atoms with Crippen molar-refractivity contribution in [2.24, 2.45) is 0 Å². The third-order valence-electron chi connectivity index (χ3n) is 2.71. The second kappa shape index (κ2) is 5.58. The van der Waals surface area contributed by atoms with E-state index in [9.17, 15) is 4.79 Å². The summed E-state index contributed by atoms with van der Waals surface area (Å²) >= 11 is 0. The van der Waals surface area contributed by atoms with Crippen molar-refractivity contribution < 1.29 is 9.53 Å². The predicted octanol–water partition coefficient (Wildman–Crippen LogP) is 0.0629. The van der Waals surface area contributed by atoms with Gasteiger partial charge in [-0.3, -0.25) is 0 Å². The maximum atomic E-state index is 11.2. The van der Waals surface area contributed by atoms with Crippen molar-refractivity contribution in [3.8, 4) is 0 Å². The first-order chi connectivity index (χ1) is 8.31. The summed E-state index contributed by atoms with van der Waals surface area (Å²) < 4.78 is 4.58. The van der Waals surface area contributed by atoms with Gasteiger partial charge < -0.3 is 15.0 Å². The van der Waals surface area contributed by atoms with Crippen LogP contribution >= 0.6 is 0 Å². The molecule has 17 heavy (non-hydrogen) atoms. The minimum Gasteiger partial charge on any atom is -0.464 e. The Hall–Kier alpha value is -1.69. The van der Waals surface area contributed by atoms with Crippen molar-refractivity contribution in [1.82, 2.24) is 15.5 Å². The third kappa shape index (κ3) is 2.91. The smallest absolute Gasteiger partial charge is 0.358 e. The molecule has 2 rings (SSSR count). The molecule has 1 N–H and O–H groups in total. The van der Waals surface area contributed by atoms with Gasteiger partial charge in [0.1, 0.15) is 0 Å². The standard InChI is InChI=1S/C11H16N4O2/c1-17-11(16)9-3-4-10(14-13-9)15-7-2-5-12-6-8-15/h3-4,12H,2,5-8H2,1H3. The van der Waals surface area contributed by atoms with E-state index in [0.717, 1.165) is 38.4 Å². The zero-order chi connectivity index (χ0) is 12.1. The maximum absolute atomic E-state index is 11.2. The average molecular weight is 236 g/mol. The van der Waals surface area contributed by atoms with Gasteiger partial charge in [-0.15, -0.1) is 10.2 Å². The predicted molar refractivity (Wildman–Crippen MR) is 63.1 cm³/mol. The number of carbonyl (C=O) groups is 1. The lowest BCUT2D eigenvalue weighted by molar-refractivity contribution is 0.0592. The van der Waals surface area contributed by atoms with Gasteiger partial charge in [0.2, 0.25) is 0 Å². The molecule has 6 nitrogen and oxygen atoms in total. The molecule has 92 valence electrons. The van der Waals surface area contributed by atoms with E-state index in [1.807, 2.05) is 6.07 Å². The lowest BCUT2D eigenvalue weighted by atomic mass is 10.3. The number of anilines is 1. The monoisotopic (exact) mass is 236 g/mol. The SMILES string of the molecule is COC(=O)c1ccc(N2CCCNCC2)nn1. The normalized spacial score (nSPS) is 16.4. The molecular weight excluding hydrogens is 220 g/mol. The molecule has 0 unspecified atom stereocenters. The fraction of sp³-hybridized carbons (Fsp3) is 0.545. The molecule has 0 amide bonds. The van der Waals surface area contributed by atoms with E-state index in [0.29, 0.717) is 0 Å². The highest BCUT2D eigenvalue weighted by atomic mass is 16.5. The van der Waals surface area contributed by atoms with Crippen LogP contribution in [0.15, 0.2) is 12.1 Å². The van der Waals surface area contributed by atoms with Crippen LogP contribution in [0.2, 0.25) is 0 Å². The van der Waals surface area contributed by atoms with Crippen molar-refractivity contribution in [2.45, 2.75) is 6.42 Å². The van der Waals surface area contributed by atoms with E-state index >= 15 is 0 Å². The van der Waals surface area contributed by atoms with Crippen LogP contribution in [0.3, 0.4) is 0 Å². The molecule has 0 spiro atoms. The lowest BCUT2D eigenvalue weighted by Gasteiger charge is -2.20. The van der Waals surface area contributed by atoms with Gasteiger partial charge in [-0.2, -0.15) is 0 Å². The first-order valence-corrected chi connectivity index (χ1v) is 5.69. The van der Waals surface area contributed by atoms with E-state index in [1.54, 1.807) is 6.07 Å². The Bertz CT molecular complexity index is 372. The van der Waals surface area contributed by atoms with Crippen LogP contribution in [0.4, 0.5) is 5.82 Å². The van der Waals surface area contributed by atoms with Crippen LogP contribution in [0.1, 0.15) is 16.9 Å². The summed E-state index contributed by atoms with van der Waals surface area (Å²) in [7, 11) is 1.33. The van der Waals surface area contributed by atoms with Crippen LogP contribution < -0.4 is 10.2 Å². The van der Waals surface area contributed by atoms with Gasteiger partial charge in [0, 0.05) is 19.6 Å². The molecule has 0 radical (unpaired) electrons. The van der Waals surface area contributed by atoms with Crippen LogP contribution in [-0.2, 0) is 4.74 Å². The number of carbonyl (C=O) groups excluding carboxylic acids is 1. The number of hydrogen-bond acceptors (Lipinski definition) is 6. The molecule has 2 heterocycles.